The van der Waals surface area contributed by atoms with Gasteiger partial charge in [-0.15, -0.1) is 0 Å². The van der Waals surface area contributed by atoms with Gasteiger partial charge in [0.15, 0.2) is 5.65 Å². The zero-order valence-corrected chi connectivity index (χ0v) is 23.9. The average Bonchev–Trinajstić information content (AvgIpc) is 3.29. The molecule has 0 aliphatic carbocycles. The van der Waals surface area contributed by atoms with Crippen LogP contribution in [-0.2, 0) is 4.79 Å². The van der Waals surface area contributed by atoms with E-state index in [0.29, 0.717) is 36.7 Å². The summed E-state index contributed by atoms with van der Waals surface area (Å²) in [4.78, 5) is 39.2. The Labute approximate surface area is 236 Å². The highest BCUT2D eigenvalue weighted by molar-refractivity contribution is 6.33. The Morgan fingerprint density at radius 1 is 1.20 bits per heavy atom. The first-order chi connectivity index (χ1) is 19.0. The van der Waals surface area contributed by atoms with Crippen LogP contribution in [0.2, 0.25) is 5.02 Å². The molecule has 1 aromatic carbocycles. The predicted octanol–water partition coefficient (Wildman–Crippen LogP) is 4.86. The minimum absolute atomic E-state index is 0.0536. The molecule has 0 saturated carbocycles. The second kappa shape index (κ2) is 10.5. The van der Waals surface area contributed by atoms with Crippen molar-refractivity contribution in [3.8, 4) is 17.1 Å². The molecule has 4 aromatic rings. The molecule has 1 aliphatic heterocycles. The standard InChI is InChI=1S/C29H31ClFN7O2/c1-7-24(39)35-10-11-36(19(6)15-35)26-21-13-22(30)25(20-9-8-17(4)12-23(20)31)33-27(21)37(29(40)34-26)28-18(5)14-32-38(28)16(2)3/h7-9,12-14,16,19H,1,10-11,15H2,2-6H3/t19-/m0/s1. The molecule has 4 heterocycles. The summed E-state index contributed by atoms with van der Waals surface area (Å²) in [5, 5.41) is 5.24. The van der Waals surface area contributed by atoms with Crippen molar-refractivity contribution in [1.29, 1.82) is 0 Å². The fourth-order valence-electron chi connectivity index (χ4n) is 5.22. The van der Waals surface area contributed by atoms with Crippen molar-refractivity contribution in [3.05, 3.63) is 75.6 Å². The number of piperazine rings is 1. The first kappa shape index (κ1) is 27.5. The number of pyridine rings is 1. The fraction of sp³-hybridized carbons (Fsp3) is 0.345. The summed E-state index contributed by atoms with van der Waals surface area (Å²) in [6, 6.07) is 6.33. The predicted molar refractivity (Wildman–Crippen MR) is 155 cm³/mol. The quantitative estimate of drug-likeness (QED) is 0.322. The third-order valence-corrected chi connectivity index (χ3v) is 7.50. The highest BCUT2D eigenvalue weighted by Gasteiger charge is 2.30. The van der Waals surface area contributed by atoms with E-state index in [1.807, 2.05) is 32.6 Å². The molecular formula is C29H31ClFN7O2. The summed E-state index contributed by atoms with van der Waals surface area (Å²) in [7, 11) is 0. The number of hydrogen-bond donors (Lipinski definition) is 0. The largest absolute Gasteiger partial charge is 0.357 e. The molecule has 208 valence electrons. The maximum absolute atomic E-state index is 15.1. The lowest BCUT2D eigenvalue weighted by molar-refractivity contribution is -0.126. The SMILES string of the molecule is C=CC(=O)N1CCN(c2nc(=O)n(-c3c(C)cnn3C(C)C)c3nc(-c4ccc(C)cc4F)c(Cl)cc23)[C@@H](C)C1. The molecule has 3 aromatic heterocycles. The number of nitrogens with zero attached hydrogens (tertiary/aromatic N) is 7. The van der Waals surface area contributed by atoms with Crippen LogP contribution < -0.4 is 10.6 Å². The topological polar surface area (TPSA) is 89.2 Å². The molecule has 1 aliphatic rings. The number of halogens is 2. The zero-order valence-electron chi connectivity index (χ0n) is 23.2. The van der Waals surface area contributed by atoms with Crippen LogP contribution in [0.1, 0.15) is 37.9 Å². The molecule has 1 fully saturated rings. The van der Waals surface area contributed by atoms with Gasteiger partial charge in [0, 0.05) is 42.8 Å². The van der Waals surface area contributed by atoms with Crippen LogP contribution in [0.3, 0.4) is 0 Å². The van der Waals surface area contributed by atoms with Crippen LogP contribution in [-0.4, -0.2) is 60.8 Å². The summed E-state index contributed by atoms with van der Waals surface area (Å²) in [6.45, 7) is 14.5. The van der Waals surface area contributed by atoms with E-state index in [1.165, 1.54) is 16.7 Å². The number of benzene rings is 1. The van der Waals surface area contributed by atoms with Crippen molar-refractivity contribution in [2.45, 2.75) is 46.7 Å². The lowest BCUT2D eigenvalue weighted by Crippen LogP contribution is -2.54. The number of aromatic nitrogens is 5. The molecule has 0 radical (unpaired) electrons. The highest BCUT2D eigenvalue weighted by Crippen LogP contribution is 2.35. The Balaban J connectivity index is 1.79. The first-order valence-corrected chi connectivity index (χ1v) is 13.5. The molecule has 5 rings (SSSR count). The van der Waals surface area contributed by atoms with Gasteiger partial charge in [-0.25, -0.2) is 23.4 Å². The number of carbonyl (C=O) groups excluding carboxylic acids is 1. The maximum Gasteiger partial charge on any atom is 0.357 e. The second-order valence-electron chi connectivity index (χ2n) is 10.4. The van der Waals surface area contributed by atoms with E-state index >= 15 is 4.39 Å². The number of anilines is 1. The van der Waals surface area contributed by atoms with Crippen LogP contribution in [0.15, 0.2) is 47.9 Å². The molecule has 1 atom stereocenters. The molecule has 0 spiro atoms. The number of carbonyl (C=O) groups is 1. The Hall–Kier alpha value is -4.05. The van der Waals surface area contributed by atoms with Gasteiger partial charge >= 0.3 is 5.69 Å². The number of aryl methyl sites for hydroxylation is 2. The van der Waals surface area contributed by atoms with Crippen molar-refractivity contribution in [1.82, 2.24) is 29.2 Å². The van der Waals surface area contributed by atoms with E-state index in [-0.39, 0.29) is 39.9 Å². The normalized spacial score (nSPS) is 15.8. The van der Waals surface area contributed by atoms with Crippen molar-refractivity contribution in [3.63, 3.8) is 0 Å². The lowest BCUT2D eigenvalue weighted by Gasteiger charge is -2.40. The first-order valence-electron chi connectivity index (χ1n) is 13.1. The highest BCUT2D eigenvalue weighted by atomic mass is 35.5. The smallest absolute Gasteiger partial charge is 0.350 e. The van der Waals surface area contributed by atoms with Crippen molar-refractivity contribution in [2.24, 2.45) is 0 Å². The lowest BCUT2D eigenvalue weighted by atomic mass is 10.1. The summed E-state index contributed by atoms with van der Waals surface area (Å²) < 4.78 is 18.3. The Bertz CT molecular complexity index is 1710. The van der Waals surface area contributed by atoms with Crippen molar-refractivity contribution in [2.75, 3.05) is 24.5 Å². The van der Waals surface area contributed by atoms with Gasteiger partial charge in [0.05, 0.1) is 22.3 Å². The van der Waals surface area contributed by atoms with Gasteiger partial charge in [-0.3, -0.25) is 4.79 Å². The Morgan fingerprint density at radius 3 is 2.60 bits per heavy atom. The van der Waals surface area contributed by atoms with Gasteiger partial charge in [0.2, 0.25) is 5.91 Å². The minimum Gasteiger partial charge on any atom is -0.350 e. The number of rotatable bonds is 5. The fourth-order valence-corrected chi connectivity index (χ4v) is 5.47. The van der Waals surface area contributed by atoms with Crippen molar-refractivity contribution >= 4 is 34.4 Å². The van der Waals surface area contributed by atoms with Gasteiger partial charge in [-0.05, 0) is 64.5 Å². The van der Waals surface area contributed by atoms with Gasteiger partial charge in [0.1, 0.15) is 17.5 Å². The number of fused-ring (bicyclic) bond motifs is 1. The van der Waals surface area contributed by atoms with Crippen LogP contribution in [0.5, 0.6) is 0 Å². The Morgan fingerprint density at radius 2 is 1.95 bits per heavy atom. The van der Waals surface area contributed by atoms with E-state index < -0.39 is 11.5 Å². The van der Waals surface area contributed by atoms with Crippen LogP contribution >= 0.6 is 11.6 Å². The average molecular weight is 564 g/mol. The maximum atomic E-state index is 15.1. The third kappa shape index (κ3) is 4.66. The molecule has 0 bridgehead atoms. The summed E-state index contributed by atoms with van der Waals surface area (Å²) >= 11 is 6.77. The summed E-state index contributed by atoms with van der Waals surface area (Å²) in [6.07, 6.45) is 2.99. The monoisotopic (exact) mass is 563 g/mol. The van der Waals surface area contributed by atoms with E-state index in [9.17, 15) is 9.59 Å². The summed E-state index contributed by atoms with van der Waals surface area (Å²) in [5.74, 6) is 0.334. The number of amides is 1. The number of hydrogen-bond acceptors (Lipinski definition) is 6. The molecule has 0 N–H and O–H groups in total. The van der Waals surface area contributed by atoms with Crippen LogP contribution in [0.4, 0.5) is 10.2 Å². The van der Waals surface area contributed by atoms with E-state index in [4.69, 9.17) is 16.6 Å². The van der Waals surface area contributed by atoms with Crippen molar-refractivity contribution < 1.29 is 9.18 Å². The van der Waals surface area contributed by atoms with Crippen LogP contribution in [0.25, 0.3) is 28.1 Å². The van der Waals surface area contributed by atoms with Crippen LogP contribution in [0, 0.1) is 19.7 Å². The second-order valence-corrected chi connectivity index (χ2v) is 10.9. The van der Waals surface area contributed by atoms with E-state index in [1.54, 1.807) is 40.9 Å². The van der Waals surface area contributed by atoms with E-state index in [0.717, 1.165) is 11.1 Å². The Kier molecular flexibility index (Phi) is 7.22. The molecule has 1 saturated heterocycles. The minimum atomic E-state index is -0.546. The van der Waals surface area contributed by atoms with Gasteiger partial charge < -0.3 is 9.80 Å². The summed E-state index contributed by atoms with van der Waals surface area (Å²) in [5.41, 5.74) is 1.72. The molecular weight excluding hydrogens is 533 g/mol. The molecule has 0 unspecified atom stereocenters. The van der Waals surface area contributed by atoms with Gasteiger partial charge in [-0.1, -0.05) is 24.2 Å². The molecule has 40 heavy (non-hydrogen) atoms. The van der Waals surface area contributed by atoms with Gasteiger partial charge in [-0.2, -0.15) is 10.1 Å². The zero-order chi connectivity index (χ0) is 28.9. The third-order valence-electron chi connectivity index (χ3n) is 7.21. The molecule has 1 amide bonds. The molecule has 11 heteroatoms. The molecule has 9 nitrogen and oxygen atoms in total. The van der Waals surface area contributed by atoms with E-state index in [2.05, 4.69) is 16.7 Å². The van der Waals surface area contributed by atoms with Gasteiger partial charge in [0.25, 0.3) is 0 Å².